The molecule has 0 heterocycles. The van der Waals surface area contributed by atoms with E-state index in [9.17, 15) is 14.7 Å². The van der Waals surface area contributed by atoms with Crippen LogP contribution in [0, 0.1) is 0 Å². The van der Waals surface area contributed by atoms with Gasteiger partial charge in [0.05, 0.1) is 6.61 Å². The molecular formula is C61H112O5. The van der Waals surface area contributed by atoms with E-state index >= 15 is 0 Å². The average molecular weight is 926 g/mol. The highest BCUT2D eigenvalue weighted by Gasteiger charge is 2.16. The molecule has 0 fully saturated rings. The Morgan fingerprint density at radius 3 is 0.894 bits per heavy atom. The lowest BCUT2D eigenvalue weighted by atomic mass is 10.0. The van der Waals surface area contributed by atoms with Crippen molar-refractivity contribution >= 4 is 11.9 Å². The second kappa shape index (κ2) is 57.2. The molecule has 0 aromatic carbocycles. The van der Waals surface area contributed by atoms with Gasteiger partial charge in [-0.25, -0.2) is 0 Å². The summed E-state index contributed by atoms with van der Waals surface area (Å²) in [6, 6.07) is 0. The first-order valence-electron chi connectivity index (χ1n) is 29.2. The van der Waals surface area contributed by atoms with Crippen LogP contribution in [0.5, 0.6) is 0 Å². The Bertz CT molecular complexity index is 1090. The number of carbonyl (C=O) groups is 2. The number of ether oxygens (including phenoxy) is 2. The number of hydrogen-bond acceptors (Lipinski definition) is 5. The zero-order chi connectivity index (χ0) is 47.7. The van der Waals surface area contributed by atoms with Gasteiger partial charge in [0.25, 0.3) is 0 Å². The summed E-state index contributed by atoms with van der Waals surface area (Å²) in [6.45, 7) is 4.15. The number of aliphatic hydroxyl groups excluding tert-OH is 1. The maximum absolute atomic E-state index is 12.3. The molecular weight excluding hydrogens is 813 g/mol. The minimum atomic E-state index is -0.773. The van der Waals surface area contributed by atoms with Gasteiger partial charge in [-0.2, -0.15) is 0 Å². The van der Waals surface area contributed by atoms with Crippen molar-refractivity contribution in [3.05, 3.63) is 48.6 Å². The van der Waals surface area contributed by atoms with Crippen molar-refractivity contribution in [2.24, 2.45) is 0 Å². The third-order valence-electron chi connectivity index (χ3n) is 13.1. The Kier molecular flexibility index (Phi) is 55.3. The predicted octanol–water partition coefficient (Wildman–Crippen LogP) is 19.6. The van der Waals surface area contributed by atoms with Crippen LogP contribution in [0.2, 0.25) is 0 Å². The van der Waals surface area contributed by atoms with Crippen LogP contribution in [0.3, 0.4) is 0 Å². The monoisotopic (exact) mass is 925 g/mol. The summed E-state index contributed by atoms with van der Waals surface area (Å²) in [4.78, 5) is 24.5. The summed E-state index contributed by atoms with van der Waals surface area (Å²) in [5.41, 5.74) is 0. The van der Waals surface area contributed by atoms with Gasteiger partial charge in [0.15, 0.2) is 6.10 Å². The van der Waals surface area contributed by atoms with Crippen molar-refractivity contribution in [1.29, 1.82) is 0 Å². The summed E-state index contributed by atoms with van der Waals surface area (Å²) in [6.07, 6.45) is 75.2. The SMILES string of the molecule is CCCCCCC/C=C\C/C=C\CCCCCCCCCCCCCCCCCCCCCC(=O)OC(CO)COC(=O)CCCCCCCCCCC/C=C\C/C=C\CCCCCCC. The molecule has 0 rings (SSSR count). The molecule has 66 heavy (non-hydrogen) atoms. The van der Waals surface area contributed by atoms with Crippen molar-refractivity contribution in [3.63, 3.8) is 0 Å². The molecule has 1 unspecified atom stereocenters. The Labute approximate surface area is 411 Å². The van der Waals surface area contributed by atoms with E-state index in [0.29, 0.717) is 12.8 Å². The van der Waals surface area contributed by atoms with Crippen LogP contribution in [0.15, 0.2) is 48.6 Å². The van der Waals surface area contributed by atoms with E-state index in [0.717, 1.165) is 51.4 Å². The molecule has 0 saturated heterocycles. The Balaban J connectivity index is 3.44. The van der Waals surface area contributed by atoms with Crippen molar-refractivity contribution < 1.29 is 24.2 Å². The smallest absolute Gasteiger partial charge is 0.306 e. The predicted molar refractivity (Wildman–Crippen MR) is 288 cm³/mol. The van der Waals surface area contributed by atoms with E-state index < -0.39 is 6.10 Å². The fourth-order valence-corrected chi connectivity index (χ4v) is 8.68. The molecule has 5 heteroatoms. The highest BCUT2D eigenvalue weighted by molar-refractivity contribution is 5.70. The van der Waals surface area contributed by atoms with Crippen molar-refractivity contribution in [2.45, 2.75) is 315 Å². The van der Waals surface area contributed by atoms with Gasteiger partial charge in [-0.15, -0.1) is 0 Å². The maximum atomic E-state index is 12.3. The normalized spacial score (nSPS) is 12.5. The molecule has 0 amide bonds. The zero-order valence-corrected chi connectivity index (χ0v) is 44.2. The highest BCUT2D eigenvalue weighted by atomic mass is 16.6. The molecule has 0 aliphatic heterocycles. The molecule has 1 N–H and O–H groups in total. The average Bonchev–Trinajstić information content (AvgIpc) is 3.32. The van der Waals surface area contributed by atoms with Crippen molar-refractivity contribution in [2.75, 3.05) is 13.2 Å². The first-order valence-corrected chi connectivity index (χ1v) is 29.2. The van der Waals surface area contributed by atoms with Gasteiger partial charge >= 0.3 is 11.9 Å². The van der Waals surface area contributed by atoms with Crippen molar-refractivity contribution in [1.82, 2.24) is 0 Å². The van der Waals surface area contributed by atoms with Crippen LogP contribution in [0.25, 0.3) is 0 Å². The molecule has 0 aliphatic carbocycles. The largest absolute Gasteiger partial charge is 0.462 e. The van der Waals surface area contributed by atoms with Crippen LogP contribution in [0.4, 0.5) is 0 Å². The summed E-state index contributed by atoms with van der Waals surface area (Å²) < 4.78 is 10.7. The van der Waals surface area contributed by atoms with Gasteiger partial charge in [-0.05, 0) is 77.0 Å². The molecule has 1 atom stereocenters. The van der Waals surface area contributed by atoms with E-state index in [2.05, 4.69) is 62.5 Å². The van der Waals surface area contributed by atoms with E-state index in [4.69, 9.17) is 9.47 Å². The van der Waals surface area contributed by atoms with Crippen LogP contribution < -0.4 is 0 Å². The third kappa shape index (κ3) is 54.5. The lowest BCUT2D eigenvalue weighted by molar-refractivity contribution is -0.161. The molecule has 0 saturated carbocycles. The topological polar surface area (TPSA) is 72.8 Å². The highest BCUT2D eigenvalue weighted by Crippen LogP contribution is 2.17. The minimum absolute atomic E-state index is 0.0653. The summed E-state index contributed by atoms with van der Waals surface area (Å²) in [5, 5.41) is 9.66. The van der Waals surface area contributed by atoms with E-state index in [1.54, 1.807) is 0 Å². The van der Waals surface area contributed by atoms with E-state index in [-0.39, 0.29) is 25.2 Å². The van der Waals surface area contributed by atoms with Gasteiger partial charge < -0.3 is 14.6 Å². The number of carbonyl (C=O) groups excluding carboxylic acids is 2. The van der Waals surface area contributed by atoms with Gasteiger partial charge in [0.1, 0.15) is 6.61 Å². The fraction of sp³-hybridized carbons (Fsp3) is 0.836. The summed E-state index contributed by atoms with van der Waals surface area (Å²) >= 11 is 0. The minimum Gasteiger partial charge on any atom is -0.462 e. The Morgan fingerprint density at radius 1 is 0.348 bits per heavy atom. The number of esters is 2. The van der Waals surface area contributed by atoms with E-state index in [1.165, 1.54) is 231 Å². The number of rotatable bonds is 54. The molecule has 0 spiro atoms. The standard InChI is InChI=1S/C61H112O5/c1-3-5-7-9-11-13-15-17-19-21-23-25-26-27-28-29-30-31-32-33-34-36-38-40-42-44-46-48-50-52-54-56-61(64)66-59(57-62)58-65-60(63)55-53-51-49-47-45-43-41-39-37-35-24-22-20-18-16-14-12-10-8-6-4-2/h15-18,21-24,59,62H,3-14,19-20,25-58H2,1-2H3/b17-15-,18-16-,23-21-,24-22-. The number of unbranched alkanes of at least 4 members (excludes halogenated alkanes) is 38. The lowest BCUT2D eigenvalue weighted by Crippen LogP contribution is -2.28. The summed E-state index contributed by atoms with van der Waals surface area (Å²) in [7, 11) is 0. The Hall–Kier alpha value is -2.14. The fourth-order valence-electron chi connectivity index (χ4n) is 8.68. The first-order chi connectivity index (χ1) is 32.6. The first kappa shape index (κ1) is 63.9. The number of hydrogen-bond donors (Lipinski definition) is 1. The van der Waals surface area contributed by atoms with Gasteiger partial charge in [-0.3, -0.25) is 9.59 Å². The van der Waals surface area contributed by atoms with Gasteiger partial charge in [-0.1, -0.05) is 268 Å². The van der Waals surface area contributed by atoms with Crippen LogP contribution in [-0.4, -0.2) is 36.4 Å². The molecule has 0 aromatic rings. The van der Waals surface area contributed by atoms with Crippen LogP contribution in [0.1, 0.15) is 309 Å². The molecule has 5 nitrogen and oxygen atoms in total. The van der Waals surface area contributed by atoms with E-state index in [1.807, 2.05) is 0 Å². The molecule has 0 aromatic heterocycles. The lowest BCUT2D eigenvalue weighted by Gasteiger charge is -2.15. The van der Waals surface area contributed by atoms with Gasteiger partial charge in [0.2, 0.25) is 0 Å². The summed E-state index contributed by atoms with van der Waals surface area (Å²) in [5.74, 6) is -0.582. The second-order valence-electron chi connectivity index (χ2n) is 19.7. The third-order valence-corrected chi connectivity index (χ3v) is 13.1. The number of allylic oxidation sites excluding steroid dienone is 8. The molecule has 0 bridgehead atoms. The number of aliphatic hydroxyl groups is 1. The zero-order valence-electron chi connectivity index (χ0n) is 44.2. The van der Waals surface area contributed by atoms with Crippen LogP contribution in [-0.2, 0) is 19.1 Å². The van der Waals surface area contributed by atoms with Crippen LogP contribution >= 0.6 is 0 Å². The second-order valence-corrected chi connectivity index (χ2v) is 19.7. The Morgan fingerprint density at radius 2 is 0.606 bits per heavy atom. The molecule has 386 valence electrons. The van der Waals surface area contributed by atoms with Crippen molar-refractivity contribution in [3.8, 4) is 0 Å². The molecule has 0 radical (unpaired) electrons. The maximum Gasteiger partial charge on any atom is 0.306 e. The quantitative estimate of drug-likeness (QED) is 0.0374. The van der Waals surface area contributed by atoms with Gasteiger partial charge in [0, 0.05) is 12.8 Å². The molecule has 0 aliphatic rings.